The first-order chi connectivity index (χ1) is 13.4. The van der Waals surface area contributed by atoms with Crippen LogP contribution in [0.5, 0.6) is 5.75 Å². The van der Waals surface area contributed by atoms with Gasteiger partial charge < -0.3 is 14.8 Å². The number of esters is 1. The van der Waals surface area contributed by atoms with Crippen molar-refractivity contribution < 1.29 is 19.1 Å². The minimum Gasteiger partial charge on any atom is -0.494 e. The lowest BCUT2D eigenvalue weighted by Gasteiger charge is -2.12. The first-order valence-electron chi connectivity index (χ1n) is 9.52. The van der Waals surface area contributed by atoms with Crippen LogP contribution in [0.25, 0.3) is 0 Å². The number of anilines is 1. The van der Waals surface area contributed by atoms with Crippen LogP contribution in [0.3, 0.4) is 0 Å². The molecular formula is C21H28N2O4S. The van der Waals surface area contributed by atoms with Crippen molar-refractivity contribution in [2.24, 2.45) is 0 Å². The van der Waals surface area contributed by atoms with E-state index in [1.807, 2.05) is 12.1 Å². The van der Waals surface area contributed by atoms with Gasteiger partial charge in [0.1, 0.15) is 5.75 Å². The highest BCUT2D eigenvalue weighted by Gasteiger charge is 2.11. The first kappa shape index (κ1) is 21.9. The molecule has 1 heterocycles. The standard InChI is InChI=1S/C21H28N2O4S/c1-5-26-20(25)12-16-13-28-21(22-16)23-19(24)7-6-10-27-17-8-9-18(14(2)3)15(4)11-17/h8-9,11,13-14H,5-7,10,12H2,1-4H3,(H,22,23,24). The van der Waals surface area contributed by atoms with Gasteiger partial charge in [0.2, 0.25) is 5.91 Å². The highest BCUT2D eigenvalue weighted by atomic mass is 32.1. The fourth-order valence-electron chi connectivity index (χ4n) is 2.80. The summed E-state index contributed by atoms with van der Waals surface area (Å²) in [6.07, 6.45) is 1.07. The Morgan fingerprint density at radius 2 is 2.07 bits per heavy atom. The summed E-state index contributed by atoms with van der Waals surface area (Å²) in [6.45, 7) is 9.00. The monoisotopic (exact) mass is 404 g/mol. The summed E-state index contributed by atoms with van der Waals surface area (Å²) in [4.78, 5) is 27.7. The SMILES string of the molecule is CCOC(=O)Cc1csc(NC(=O)CCCOc2ccc(C(C)C)c(C)c2)n1. The Hall–Kier alpha value is -2.41. The molecule has 0 aliphatic carbocycles. The minimum atomic E-state index is -0.320. The van der Waals surface area contributed by atoms with Crippen LogP contribution in [-0.2, 0) is 20.7 Å². The van der Waals surface area contributed by atoms with Crippen LogP contribution < -0.4 is 10.1 Å². The van der Waals surface area contributed by atoms with E-state index in [-0.39, 0.29) is 18.3 Å². The van der Waals surface area contributed by atoms with Crippen LogP contribution in [0.2, 0.25) is 0 Å². The van der Waals surface area contributed by atoms with Crippen molar-refractivity contribution in [1.29, 1.82) is 0 Å². The number of aryl methyl sites for hydroxylation is 1. The number of carbonyl (C=O) groups is 2. The van der Waals surface area contributed by atoms with Crippen LogP contribution >= 0.6 is 11.3 Å². The number of nitrogens with one attached hydrogen (secondary N) is 1. The summed E-state index contributed by atoms with van der Waals surface area (Å²) in [5.41, 5.74) is 3.13. The van der Waals surface area contributed by atoms with Crippen molar-refractivity contribution >= 4 is 28.3 Å². The second-order valence-corrected chi connectivity index (χ2v) is 7.66. The van der Waals surface area contributed by atoms with E-state index in [9.17, 15) is 9.59 Å². The summed E-state index contributed by atoms with van der Waals surface area (Å²) < 4.78 is 10.6. The number of benzene rings is 1. The molecule has 6 nitrogen and oxygen atoms in total. The Morgan fingerprint density at radius 3 is 2.75 bits per heavy atom. The van der Waals surface area contributed by atoms with E-state index in [0.29, 0.717) is 42.8 Å². The fraction of sp³-hybridized carbons (Fsp3) is 0.476. The molecule has 0 bridgehead atoms. The average molecular weight is 405 g/mol. The van der Waals surface area contributed by atoms with E-state index in [2.05, 4.69) is 37.1 Å². The summed E-state index contributed by atoms with van der Waals surface area (Å²) in [7, 11) is 0. The Morgan fingerprint density at radius 1 is 1.29 bits per heavy atom. The second-order valence-electron chi connectivity index (χ2n) is 6.80. The Balaban J connectivity index is 1.71. The van der Waals surface area contributed by atoms with Crippen molar-refractivity contribution in [3.05, 3.63) is 40.4 Å². The third-order valence-corrected chi connectivity index (χ3v) is 4.92. The van der Waals surface area contributed by atoms with E-state index < -0.39 is 0 Å². The van der Waals surface area contributed by atoms with E-state index in [4.69, 9.17) is 9.47 Å². The van der Waals surface area contributed by atoms with E-state index >= 15 is 0 Å². The molecule has 0 fully saturated rings. The summed E-state index contributed by atoms with van der Waals surface area (Å²) in [5, 5.41) is 5.00. The maximum absolute atomic E-state index is 12.0. The summed E-state index contributed by atoms with van der Waals surface area (Å²) >= 11 is 1.30. The van der Waals surface area contributed by atoms with Crippen LogP contribution in [0.15, 0.2) is 23.6 Å². The molecule has 2 rings (SSSR count). The molecule has 0 saturated heterocycles. The third kappa shape index (κ3) is 6.96. The van der Waals surface area contributed by atoms with E-state index in [1.54, 1.807) is 12.3 Å². The molecule has 0 saturated carbocycles. The number of hydrogen-bond acceptors (Lipinski definition) is 6. The number of ether oxygens (including phenoxy) is 2. The maximum atomic E-state index is 12.0. The van der Waals surface area contributed by atoms with Gasteiger partial charge in [-0.2, -0.15) is 0 Å². The molecule has 0 atom stereocenters. The smallest absolute Gasteiger partial charge is 0.311 e. The van der Waals surface area contributed by atoms with Crippen molar-refractivity contribution in [2.75, 3.05) is 18.5 Å². The second kappa shape index (κ2) is 10.8. The molecule has 2 aromatic rings. The number of rotatable bonds is 10. The average Bonchev–Trinajstić information content (AvgIpc) is 3.05. The quantitative estimate of drug-likeness (QED) is 0.467. The van der Waals surface area contributed by atoms with Crippen LogP contribution in [-0.4, -0.2) is 30.1 Å². The lowest BCUT2D eigenvalue weighted by atomic mass is 9.98. The number of hydrogen-bond donors (Lipinski definition) is 1. The molecule has 28 heavy (non-hydrogen) atoms. The third-order valence-electron chi connectivity index (χ3n) is 4.11. The van der Waals surface area contributed by atoms with Crippen LogP contribution in [0, 0.1) is 6.92 Å². The van der Waals surface area contributed by atoms with Crippen molar-refractivity contribution in [3.8, 4) is 5.75 Å². The molecule has 0 aliphatic rings. The zero-order valence-electron chi connectivity index (χ0n) is 16.9. The van der Waals surface area contributed by atoms with Gasteiger partial charge in [0.25, 0.3) is 0 Å². The lowest BCUT2D eigenvalue weighted by Crippen LogP contribution is -2.13. The predicted molar refractivity (Wildman–Crippen MR) is 111 cm³/mol. The van der Waals surface area contributed by atoms with E-state index in [0.717, 1.165) is 5.75 Å². The molecule has 7 heteroatoms. The molecule has 1 amide bonds. The number of aromatic nitrogens is 1. The van der Waals surface area contributed by atoms with Gasteiger partial charge >= 0.3 is 5.97 Å². The molecular weight excluding hydrogens is 376 g/mol. The van der Waals surface area contributed by atoms with Gasteiger partial charge in [0.05, 0.1) is 25.3 Å². The van der Waals surface area contributed by atoms with Gasteiger partial charge in [0, 0.05) is 11.8 Å². The van der Waals surface area contributed by atoms with Crippen molar-refractivity contribution in [3.63, 3.8) is 0 Å². The number of nitrogens with zero attached hydrogens (tertiary/aromatic N) is 1. The number of carbonyl (C=O) groups excluding carboxylic acids is 2. The topological polar surface area (TPSA) is 77.5 Å². The van der Waals surface area contributed by atoms with Gasteiger partial charge in [-0.3, -0.25) is 9.59 Å². The molecule has 1 aromatic carbocycles. The Bertz CT molecular complexity index is 801. The summed E-state index contributed by atoms with van der Waals surface area (Å²) in [6, 6.07) is 6.11. The van der Waals surface area contributed by atoms with Gasteiger partial charge in [-0.15, -0.1) is 11.3 Å². The number of thiazole rings is 1. The highest BCUT2D eigenvalue weighted by molar-refractivity contribution is 7.13. The van der Waals surface area contributed by atoms with Crippen molar-refractivity contribution in [2.45, 2.75) is 52.9 Å². The van der Waals surface area contributed by atoms with Gasteiger partial charge in [-0.1, -0.05) is 19.9 Å². The zero-order valence-corrected chi connectivity index (χ0v) is 17.7. The maximum Gasteiger partial charge on any atom is 0.311 e. The molecule has 0 spiro atoms. The zero-order chi connectivity index (χ0) is 20.5. The van der Waals surface area contributed by atoms with Crippen molar-refractivity contribution in [1.82, 2.24) is 4.98 Å². The van der Waals surface area contributed by atoms with Crippen LogP contribution in [0.4, 0.5) is 5.13 Å². The Kier molecular flexibility index (Phi) is 8.44. The predicted octanol–water partition coefficient (Wildman–Crippen LogP) is 4.48. The van der Waals surface area contributed by atoms with Gasteiger partial charge in [-0.25, -0.2) is 4.98 Å². The first-order valence-corrected chi connectivity index (χ1v) is 10.4. The van der Waals surface area contributed by atoms with E-state index in [1.165, 1.54) is 22.5 Å². The number of amides is 1. The Labute approximate surface area is 170 Å². The fourth-order valence-corrected chi connectivity index (χ4v) is 3.52. The molecule has 0 aliphatic heterocycles. The molecule has 152 valence electrons. The summed E-state index contributed by atoms with van der Waals surface area (Å²) in [5.74, 6) is 0.874. The lowest BCUT2D eigenvalue weighted by molar-refractivity contribution is -0.142. The molecule has 1 aromatic heterocycles. The van der Waals surface area contributed by atoms with Gasteiger partial charge in [-0.05, 0) is 49.4 Å². The normalized spacial score (nSPS) is 10.8. The highest BCUT2D eigenvalue weighted by Crippen LogP contribution is 2.23. The molecule has 0 radical (unpaired) electrons. The van der Waals surface area contributed by atoms with Crippen LogP contribution in [0.1, 0.15) is 56.4 Å². The minimum absolute atomic E-state index is 0.114. The molecule has 1 N–H and O–H groups in total. The molecule has 0 unspecified atom stereocenters. The largest absolute Gasteiger partial charge is 0.494 e. The van der Waals surface area contributed by atoms with Gasteiger partial charge in [0.15, 0.2) is 5.13 Å².